The number of carbonyl (C=O) groups is 1. The number of nitrogens with one attached hydrogen (secondary N) is 3. The fourth-order valence-electron chi connectivity index (χ4n) is 3.08. The Morgan fingerprint density at radius 1 is 1.17 bits per heavy atom. The van der Waals surface area contributed by atoms with Crippen LogP contribution in [0.2, 0.25) is 0 Å². The van der Waals surface area contributed by atoms with Gasteiger partial charge in [0.1, 0.15) is 12.4 Å². The van der Waals surface area contributed by atoms with Gasteiger partial charge in [-0.2, -0.15) is 0 Å². The summed E-state index contributed by atoms with van der Waals surface area (Å²) in [5.41, 5.74) is 1.60. The summed E-state index contributed by atoms with van der Waals surface area (Å²) in [5.74, 6) is 0.502. The van der Waals surface area contributed by atoms with E-state index in [1.165, 1.54) is 0 Å². The van der Waals surface area contributed by atoms with E-state index in [0.717, 1.165) is 11.3 Å². The molecule has 1 unspecified atom stereocenters. The summed E-state index contributed by atoms with van der Waals surface area (Å²) < 4.78 is 5.79. The lowest BCUT2D eigenvalue weighted by Gasteiger charge is -2.16. The molecule has 3 N–H and O–H groups in total. The van der Waals surface area contributed by atoms with Crippen molar-refractivity contribution >= 4 is 5.91 Å². The molecule has 0 aliphatic rings. The van der Waals surface area contributed by atoms with Gasteiger partial charge in [-0.05, 0) is 50.1 Å². The lowest BCUT2D eigenvalue weighted by Crippen LogP contribution is -2.30. The van der Waals surface area contributed by atoms with Crippen molar-refractivity contribution in [3.05, 3.63) is 92.0 Å². The molecule has 0 spiro atoms. The van der Waals surface area contributed by atoms with Crippen LogP contribution < -0.4 is 21.3 Å². The van der Waals surface area contributed by atoms with E-state index in [9.17, 15) is 14.4 Å². The number of carbonyl (C=O) groups excluding carboxylic acids is 1. The minimum Gasteiger partial charge on any atom is -0.487 e. The number of rotatable bonds is 8. The minimum absolute atomic E-state index is 0.135. The van der Waals surface area contributed by atoms with Crippen molar-refractivity contribution in [3.8, 4) is 5.75 Å². The fraction of sp³-hybridized carbons (Fsp3) is 0.273. The SMILES string of the molecule is Cc1[nH]c(=O)[nH]c(=O)c1CCC(=O)NC(C)c1cccc(OCc2ccccn2)c1. The minimum atomic E-state index is -0.551. The Morgan fingerprint density at radius 2 is 2.00 bits per heavy atom. The Balaban J connectivity index is 1.56. The summed E-state index contributed by atoms with van der Waals surface area (Å²) in [6.45, 7) is 3.88. The number of ether oxygens (including phenoxy) is 1. The number of H-pyrrole nitrogens is 2. The predicted molar refractivity (Wildman–Crippen MR) is 112 cm³/mol. The second kappa shape index (κ2) is 9.69. The second-order valence-corrected chi connectivity index (χ2v) is 6.98. The van der Waals surface area contributed by atoms with Gasteiger partial charge in [0.2, 0.25) is 5.91 Å². The van der Waals surface area contributed by atoms with Gasteiger partial charge in [0, 0.05) is 23.9 Å². The number of pyridine rings is 1. The van der Waals surface area contributed by atoms with Gasteiger partial charge in [-0.15, -0.1) is 0 Å². The highest BCUT2D eigenvalue weighted by Gasteiger charge is 2.13. The van der Waals surface area contributed by atoms with Crippen molar-refractivity contribution in [1.29, 1.82) is 0 Å². The first-order valence-corrected chi connectivity index (χ1v) is 9.66. The third-order valence-corrected chi connectivity index (χ3v) is 4.71. The lowest BCUT2D eigenvalue weighted by atomic mass is 10.1. The molecule has 1 atom stereocenters. The molecule has 30 heavy (non-hydrogen) atoms. The van der Waals surface area contributed by atoms with Crippen molar-refractivity contribution in [2.75, 3.05) is 0 Å². The maximum Gasteiger partial charge on any atom is 0.325 e. The Kier molecular flexibility index (Phi) is 6.79. The van der Waals surface area contributed by atoms with E-state index in [0.29, 0.717) is 23.6 Å². The molecule has 0 saturated heterocycles. The van der Waals surface area contributed by atoms with Crippen LogP contribution in [-0.2, 0) is 17.8 Å². The van der Waals surface area contributed by atoms with E-state index < -0.39 is 11.2 Å². The molecule has 0 bridgehead atoms. The summed E-state index contributed by atoms with van der Waals surface area (Å²) in [7, 11) is 0. The van der Waals surface area contributed by atoms with Gasteiger partial charge in [-0.25, -0.2) is 4.79 Å². The standard InChI is InChI=1S/C22H24N4O4/c1-14(24-20(27)10-9-19-15(2)25-22(29)26-21(19)28)16-6-5-8-18(12-16)30-13-17-7-3-4-11-23-17/h3-8,11-12,14H,9-10,13H2,1-2H3,(H,24,27)(H2,25,26,28,29). The highest BCUT2D eigenvalue weighted by molar-refractivity contribution is 5.76. The first-order valence-electron chi connectivity index (χ1n) is 9.66. The summed E-state index contributed by atoms with van der Waals surface area (Å²) in [6.07, 6.45) is 2.09. The van der Waals surface area contributed by atoms with Crippen LogP contribution in [-0.4, -0.2) is 20.9 Å². The van der Waals surface area contributed by atoms with Crippen LogP contribution in [0.4, 0.5) is 0 Å². The van der Waals surface area contributed by atoms with E-state index in [1.807, 2.05) is 49.4 Å². The molecule has 0 fully saturated rings. The molecule has 0 saturated carbocycles. The highest BCUT2D eigenvalue weighted by atomic mass is 16.5. The number of hydrogen-bond donors (Lipinski definition) is 3. The van der Waals surface area contributed by atoms with Crippen LogP contribution in [0.25, 0.3) is 0 Å². The van der Waals surface area contributed by atoms with E-state index >= 15 is 0 Å². The molecule has 2 aromatic heterocycles. The van der Waals surface area contributed by atoms with Crippen LogP contribution in [0.1, 0.15) is 41.9 Å². The molecule has 0 radical (unpaired) electrons. The van der Waals surface area contributed by atoms with Crippen LogP contribution in [0.3, 0.4) is 0 Å². The van der Waals surface area contributed by atoms with E-state index in [4.69, 9.17) is 4.74 Å². The molecule has 0 aliphatic carbocycles. The summed E-state index contributed by atoms with van der Waals surface area (Å²) in [5, 5.41) is 2.93. The zero-order valence-corrected chi connectivity index (χ0v) is 16.9. The van der Waals surface area contributed by atoms with Crippen molar-refractivity contribution in [3.63, 3.8) is 0 Å². The van der Waals surface area contributed by atoms with Crippen molar-refractivity contribution in [1.82, 2.24) is 20.3 Å². The fourth-order valence-corrected chi connectivity index (χ4v) is 3.08. The quantitative estimate of drug-likeness (QED) is 0.528. The molecule has 8 nitrogen and oxygen atoms in total. The van der Waals surface area contributed by atoms with Gasteiger partial charge in [0.15, 0.2) is 0 Å². The number of hydrogen-bond acceptors (Lipinski definition) is 5. The number of nitrogens with zero attached hydrogens (tertiary/aromatic N) is 1. The predicted octanol–water partition coefficient (Wildman–Crippen LogP) is 2.16. The molecule has 3 aromatic rings. The molecule has 156 valence electrons. The van der Waals surface area contributed by atoms with Crippen molar-refractivity contribution in [2.45, 2.75) is 39.3 Å². The Labute approximate surface area is 173 Å². The Hall–Kier alpha value is -3.68. The first kappa shape index (κ1) is 21.0. The van der Waals surface area contributed by atoms with Crippen molar-refractivity contribution in [2.24, 2.45) is 0 Å². The second-order valence-electron chi connectivity index (χ2n) is 6.98. The summed E-state index contributed by atoms with van der Waals surface area (Å²) in [4.78, 5) is 44.4. The average Bonchev–Trinajstić information content (AvgIpc) is 2.72. The number of aryl methyl sites for hydroxylation is 1. The topological polar surface area (TPSA) is 117 Å². The van der Waals surface area contributed by atoms with Crippen LogP contribution >= 0.6 is 0 Å². The maximum atomic E-state index is 12.4. The Morgan fingerprint density at radius 3 is 2.73 bits per heavy atom. The molecule has 1 amide bonds. The summed E-state index contributed by atoms with van der Waals surface area (Å²) in [6, 6.07) is 12.9. The third-order valence-electron chi connectivity index (χ3n) is 4.71. The smallest absolute Gasteiger partial charge is 0.325 e. The van der Waals surface area contributed by atoms with Gasteiger partial charge < -0.3 is 15.0 Å². The van der Waals surface area contributed by atoms with Gasteiger partial charge in [0.25, 0.3) is 5.56 Å². The molecule has 3 rings (SSSR count). The zero-order valence-electron chi connectivity index (χ0n) is 16.9. The molecular formula is C22H24N4O4. The number of aromatic amines is 2. The normalized spacial score (nSPS) is 11.7. The van der Waals surface area contributed by atoms with Crippen LogP contribution in [0.15, 0.2) is 58.3 Å². The van der Waals surface area contributed by atoms with Crippen LogP contribution in [0.5, 0.6) is 5.75 Å². The van der Waals surface area contributed by atoms with Gasteiger partial charge in [-0.1, -0.05) is 18.2 Å². The molecule has 8 heteroatoms. The monoisotopic (exact) mass is 408 g/mol. The van der Waals surface area contributed by atoms with Crippen molar-refractivity contribution < 1.29 is 9.53 Å². The molecular weight excluding hydrogens is 384 g/mol. The molecule has 0 aliphatic heterocycles. The third kappa shape index (κ3) is 5.66. The maximum absolute atomic E-state index is 12.4. The summed E-state index contributed by atoms with van der Waals surface area (Å²) >= 11 is 0. The van der Waals surface area contributed by atoms with E-state index in [1.54, 1.807) is 13.1 Å². The Bertz CT molecular complexity index is 1120. The highest BCUT2D eigenvalue weighted by Crippen LogP contribution is 2.20. The van der Waals surface area contributed by atoms with Gasteiger partial charge >= 0.3 is 5.69 Å². The number of aromatic nitrogens is 3. The lowest BCUT2D eigenvalue weighted by molar-refractivity contribution is -0.121. The number of benzene rings is 1. The zero-order chi connectivity index (χ0) is 21.5. The van der Waals surface area contributed by atoms with E-state index in [2.05, 4.69) is 20.3 Å². The number of amides is 1. The van der Waals surface area contributed by atoms with Crippen LogP contribution in [0, 0.1) is 6.92 Å². The van der Waals surface area contributed by atoms with Gasteiger partial charge in [0.05, 0.1) is 11.7 Å². The first-order chi connectivity index (χ1) is 14.4. The molecule has 1 aromatic carbocycles. The average molecular weight is 408 g/mol. The largest absolute Gasteiger partial charge is 0.487 e. The molecule has 2 heterocycles. The van der Waals surface area contributed by atoms with Gasteiger partial charge in [-0.3, -0.25) is 19.6 Å². The van der Waals surface area contributed by atoms with E-state index in [-0.39, 0.29) is 24.8 Å².